The number of ether oxygens (including phenoxy) is 2. The molecule has 0 fully saturated rings. The lowest BCUT2D eigenvalue weighted by Crippen LogP contribution is -2.07. The van der Waals surface area contributed by atoms with Crippen LogP contribution < -0.4 is 4.74 Å². The highest BCUT2D eigenvalue weighted by molar-refractivity contribution is 6.03. The molecule has 140 valence electrons. The molecule has 0 saturated carbocycles. The SMILES string of the molecule is Cn1nc(C(=O)OCc2ccccc2)c2cccc(OCc3ccccc3)c21. The second-order valence-electron chi connectivity index (χ2n) is 6.46. The molecule has 4 rings (SSSR count). The normalized spacial score (nSPS) is 10.8. The van der Waals surface area contributed by atoms with Crippen molar-refractivity contribution < 1.29 is 14.3 Å². The Kier molecular flexibility index (Phi) is 5.06. The van der Waals surface area contributed by atoms with Crippen molar-refractivity contribution >= 4 is 16.9 Å². The van der Waals surface area contributed by atoms with Gasteiger partial charge in [-0.3, -0.25) is 4.68 Å². The van der Waals surface area contributed by atoms with Gasteiger partial charge in [-0.15, -0.1) is 0 Å². The molecule has 0 unspecified atom stereocenters. The third-order valence-corrected chi connectivity index (χ3v) is 4.47. The van der Waals surface area contributed by atoms with E-state index in [9.17, 15) is 4.79 Å². The van der Waals surface area contributed by atoms with Gasteiger partial charge in [0, 0.05) is 12.4 Å². The summed E-state index contributed by atoms with van der Waals surface area (Å²) in [7, 11) is 1.80. The molecular weight excluding hydrogens is 352 g/mol. The highest BCUT2D eigenvalue weighted by Gasteiger charge is 2.20. The highest BCUT2D eigenvalue weighted by atomic mass is 16.5. The second-order valence-corrected chi connectivity index (χ2v) is 6.46. The van der Waals surface area contributed by atoms with Gasteiger partial charge in [-0.2, -0.15) is 5.10 Å². The summed E-state index contributed by atoms with van der Waals surface area (Å²) in [4.78, 5) is 12.6. The standard InChI is InChI=1S/C23H20N2O3/c1-25-22-19(13-8-14-20(22)27-15-17-9-4-2-5-10-17)21(24-25)23(26)28-16-18-11-6-3-7-12-18/h2-14H,15-16H2,1H3. The first-order chi connectivity index (χ1) is 13.7. The average Bonchev–Trinajstić information content (AvgIpc) is 3.09. The molecule has 0 spiro atoms. The summed E-state index contributed by atoms with van der Waals surface area (Å²) in [6.07, 6.45) is 0. The van der Waals surface area contributed by atoms with E-state index in [2.05, 4.69) is 5.10 Å². The summed E-state index contributed by atoms with van der Waals surface area (Å²) in [5, 5.41) is 5.09. The van der Waals surface area contributed by atoms with Gasteiger partial charge in [0.25, 0.3) is 0 Å². The van der Waals surface area contributed by atoms with Crippen LogP contribution in [0.3, 0.4) is 0 Å². The van der Waals surface area contributed by atoms with Crippen LogP contribution in [0.4, 0.5) is 0 Å². The topological polar surface area (TPSA) is 53.4 Å². The molecule has 3 aromatic carbocycles. The van der Waals surface area contributed by atoms with Crippen LogP contribution in [0.25, 0.3) is 10.9 Å². The number of fused-ring (bicyclic) bond motifs is 1. The van der Waals surface area contributed by atoms with Crippen LogP contribution in [0.2, 0.25) is 0 Å². The molecule has 0 saturated heterocycles. The molecular formula is C23H20N2O3. The fraction of sp³-hybridized carbons (Fsp3) is 0.130. The Balaban J connectivity index is 1.56. The number of nitrogens with zero attached hydrogens (tertiary/aromatic N) is 2. The number of esters is 1. The smallest absolute Gasteiger partial charge is 0.359 e. The van der Waals surface area contributed by atoms with E-state index in [-0.39, 0.29) is 6.61 Å². The third-order valence-electron chi connectivity index (χ3n) is 4.47. The largest absolute Gasteiger partial charge is 0.487 e. The van der Waals surface area contributed by atoms with Crippen molar-refractivity contribution in [2.75, 3.05) is 0 Å². The van der Waals surface area contributed by atoms with Crippen molar-refractivity contribution in [3.05, 3.63) is 95.7 Å². The molecule has 1 aromatic heterocycles. The average molecular weight is 372 g/mol. The van der Waals surface area contributed by atoms with Crippen LogP contribution in [-0.4, -0.2) is 15.7 Å². The zero-order chi connectivity index (χ0) is 19.3. The number of rotatable bonds is 6. The summed E-state index contributed by atoms with van der Waals surface area (Å²) in [5.41, 5.74) is 3.07. The summed E-state index contributed by atoms with van der Waals surface area (Å²) in [6.45, 7) is 0.654. The summed E-state index contributed by atoms with van der Waals surface area (Å²) >= 11 is 0. The van der Waals surface area contributed by atoms with E-state index >= 15 is 0 Å². The number of aryl methyl sites for hydroxylation is 1. The van der Waals surface area contributed by atoms with Crippen LogP contribution in [-0.2, 0) is 25.0 Å². The Morgan fingerprint density at radius 3 is 2.18 bits per heavy atom. The first-order valence-corrected chi connectivity index (χ1v) is 9.06. The molecule has 4 aromatic rings. The van der Waals surface area contributed by atoms with E-state index in [1.165, 1.54) is 0 Å². The van der Waals surface area contributed by atoms with Crippen LogP contribution in [0.1, 0.15) is 21.6 Å². The Hall–Kier alpha value is -3.60. The molecule has 5 nitrogen and oxygen atoms in total. The molecule has 0 N–H and O–H groups in total. The fourth-order valence-corrected chi connectivity index (χ4v) is 3.10. The molecule has 28 heavy (non-hydrogen) atoms. The number of para-hydroxylation sites is 1. The lowest BCUT2D eigenvalue weighted by Gasteiger charge is -2.08. The predicted molar refractivity (Wildman–Crippen MR) is 107 cm³/mol. The third kappa shape index (κ3) is 3.74. The van der Waals surface area contributed by atoms with Gasteiger partial charge in [0.1, 0.15) is 24.5 Å². The number of hydrogen-bond acceptors (Lipinski definition) is 4. The molecule has 0 aliphatic carbocycles. The van der Waals surface area contributed by atoms with Gasteiger partial charge in [-0.25, -0.2) is 4.79 Å². The number of benzene rings is 3. The first kappa shape index (κ1) is 17.8. The van der Waals surface area contributed by atoms with Crippen LogP contribution >= 0.6 is 0 Å². The van der Waals surface area contributed by atoms with Crippen LogP contribution in [0.15, 0.2) is 78.9 Å². The minimum absolute atomic E-state index is 0.210. The lowest BCUT2D eigenvalue weighted by molar-refractivity contribution is 0.0467. The van der Waals surface area contributed by atoms with Crippen molar-refractivity contribution in [2.24, 2.45) is 7.05 Å². The Morgan fingerprint density at radius 2 is 1.50 bits per heavy atom. The van der Waals surface area contributed by atoms with Crippen molar-refractivity contribution in [3.8, 4) is 5.75 Å². The maximum absolute atomic E-state index is 12.6. The molecule has 0 radical (unpaired) electrons. The minimum atomic E-state index is -0.449. The van der Waals surface area contributed by atoms with E-state index in [4.69, 9.17) is 9.47 Å². The zero-order valence-corrected chi connectivity index (χ0v) is 15.5. The predicted octanol–water partition coefficient (Wildman–Crippen LogP) is 4.51. The lowest BCUT2D eigenvalue weighted by atomic mass is 10.2. The van der Waals surface area contributed by atoms with Crippen LogP contribution in [0, 0.1) is 0 Å². The van der Waals surface area contributed by atoms with E-state index in [1.807, 2.05) is 78.9 Å². The van der Waals surface area contributed by atoms with Gasteiger partial charge < -0.3 is 9.47 Å². The maximum Gasteiger partial charge on any atom is 0.359 e. The minimum Gasteiger partial charge on any atom is -0.487 e. The maximum atomic E-state index is 12.6. The molecule has 0 aliphatic rings. The molecule has 0 amide bonds. The van der Waals surface area contributed by atoms with E-state index in [0.717, 1.165) is 16.6 Å². The first-order valence-electron chi connectivity index (χ1n) is 9.06. The number of aromatic nitrogens is 2. The molecule has 0 bridgehead atoms. The van der Waals surface area contributed by atoms with Gasteiger partial charge in [0.05, 0.1) is 0 Å². The monoisotopic (exact) mass is 372 g/mol. The number of hydrogen-bond donors (Lipinski definition) is 0. The van der Waals surface area contributed by atoms with Gasteiger partial charge in [0.15, 0.2) is 5.69 Å². The van der Waals surface area contributed by atoms with Gasteiger partial charge in [-0.05, 0) is 17.2 Å². The molecule has 0 aliphatic heterocycles. The zero-order valence-electron chi connectivity index (χ0n) is 15.5. The van der Waals surface area contributed by atoms with Gasteiger partial charge in [-0.1, -0.05) is 72.8 Å². The number of carbonyl (C=O) groups is 1. The van der Waals surface area contributed by atoms with E-state index in [0.29, 0.717) is 23.4 Å². The van der Waals surface area contributed by atoms with Crippen molar-refractivity contribution in [3.63, 3.8) is 0 Å². The van der Waals surface area contributed by atoms with E-state index < -0.39 is 5.97 Å². The summed E-state index contributed by atoms with van der Waals surface area (Å²) in [5.74, 6) is 0.230. The van der Waals surface area contributed by atoms with E-state index in [1.54, 1.807) is 11.7 Å². The van der Waals surface area contributed by atoms with Crippen molar-refractivity contribution in [1.29, 1.82) is 0 Å². The Labute approximate surface area is 163 Å². The summed E-state index contributed by atoms with van der Waals surface area (Å²) < 4.78 is 13.1. The Morgan fingerprint density at radius 1 is 0.857 bits per heavy atom. The second kappa shape index (κ2) is 7.96. The highest BCUT2D eigenvalue weighted by Crippen LogP contribution is 2.28. The molecule has 0 atom stereocenters. The van der Waals surface area contributed by atoms with Crippen molar-refractivity contribution in [1.82, 2.24) is 9.78 Å². The van der Waals surface area contributed by atoms with Gasteiger partial charge in [0.2, 0.25) is 0 Å². The van der Waals surface area contributed by atoms with Crippen molar-refractivity contribution in [2.45, 2.75) is 13.2 Å². The van der Waals surface area contributed by atoms with Gasteiger partial charge >= 0.3 is 5.97 Å². The molecule has 1 heterocycles. The molecule has 5 heteroatoms. The van der Waals surface area contributed by atoms with Crippen LogP contribution in [0.5, 0.6) is 5.75 Å². The number of carbonyl (C=O) groups excluding carboxylic acids is 1. The summed E-state index contributed by atoms with van der Waals surface area (Å²) in [6, 6.07) is 25.1. The quantitative estimate of drug-likeness (QED) is 0.467. The Bertz CT molecular complexity index is 1090. The fourth-order valence-electron chi connectivity index (χ4n) is 3.10.